The summed E-state index contributed by atoms with van der Waals surface area (Å²) in [6.45, 7) is 4.38. The van der Waals surface area contributed by atoms with Crippen LogP contribution in [0.2, 0.25) is 0 Å². The number of benzene rings is 1. The van der Waals surface area contributed by atoms with Gasteiger partial charge in [-0.3, -0.25) is 4.79 Å². The van der Waals surface area contributed by atoms with Crippen LogP contribution in [0, 0.1) is 11.8 Å². The van der Waals surface area contributed by atoms with Crippen LogP contribution in [-0.4, -0.2) is 45.2 Å². The summed E-state index contributed by atoms with van der Waals surface area (Å²) in [6, 6.07) is 5.74. The molecule has 1 aromatic carbocycles. The Morgan fingerprint density at radius 1 is 1.29 bits per heavy atom. The normalized spacial score (nSPS) is 21.1. The third-order valence-corrected chi connectivity index (χ3v) is 4.08. The topological polar surface area (TPSA) is 50.8 Å². The average Bonchev–Trinajstić information content (AvgIpc) is 2.92. The van der Waals surface area contributed by atoms with E-state index in [4.69, 9.17) is 9.47 Å². The van der Waals surface area contributed by atoms with Crippen LogP contribution in [0.3, 0.4) is 0 Å². The van der Waals surface area contributed by atoms with Crippen LogP contribution in [0.25, 0.3) is 0 Å². The highest BCUT2D eigenvalue weighted by molar-refractivity contribution is 5.79. The lowest BCUT2D eigenvalue weighted by atomic mass is 9.96. The van der Waals surface area contributed by atoms with Crippen molar-refractivity contribution in [2.24, 2.45) is 11.8 Å². The van der Waals surface area contributed by atoms with Crippen molar-refractivity contribution >= 4 is 5.91 Å². The molecule has 2 rings (SSSR count). The monoisotopic (exact) mass is 292 g/mol. The summed E-state index contributed by atoms with van der Waals surface area (Å²) in [5, 5.41) is 3.27. The van der Waals surface area contributed by atoms with Gasteiger partial charge in [0.15, 0.2) is 11.5 Å². The van der Waals surface area contributed by atoms with Gasteiger partial charge >= 0.3 is 0 Å². The zero-order valence-corrected chi connectivity index (χ0v) is 13.2. The molecule has 0 bridgehead atoms. The Labute approximate surface area is 126 Å². The predicted molar refractivity (Wildman–Crippen MR) is 81.5 cm³/mol. The maximum atomic E-state index is 12.5. The molecule has 21 heavy (non-hydrogen) atoms. The van der Waals surface area contributed by atoms with Crippen LogP contribution in [0.4, 0.5) is 0 Å². The molecule has 1 heterocycles. The molecular weight excluding hydrogens is 268 g/mol. The fraction of sp³-hybridized carbons (Fsp3) is 0.562. The lowest BCUT2D eigenvalue weighted by Gasteiger charge is -2.23. The van der Waals surface area contributed by atoms with Crippen molar-refractivity contribution in [1.29, 1.82) is 0 Å². The van der Waals surface area contributed by atoms with Crippen LogP contribution in [0.15, 0.2) is 18.2 Å². The lowest BCUT2D eigenvalue weighted by molar-refractivity contribution is -0.135. The van der Waals surface area contributed by atoms with Gasteiger partial charge in [0.2, 0.25) is 5.91 Å². The van der Waals surface area contributed by atoms with E-state index in [0.717, 1.165) is 18.7 Å². The smallest absolute Gasteiger partial charge is 0.227 e. The van der Waals surface area contributed by atoms with E-state index in [1.807, 2.05) is 25.2 Å². The number of amides is 1. The lowest BCUT2D eigenvalue weighted by Crippen LogP contribution is -2.35. The van der Waals surface area contributed by atoms with Crippen molar-refractivity contribution in [1.82, 2.24) is 10.2 Å². The first-order chi connectivity index (χ1) is 10.1. The van der Waals surface area contributed by atoms with Crippen molar-refractivity contribution in [3.05, 3.63) is 23.8 Å². The molecule has 1 saturated heterocycles. The second-order valence-corrected chi connectivity index (χ2v) is 5.63. The molecule has 0 radical (unpaired) electrons. The van der Waals surface area contributed by atoms with Crippen LogP contribution < -0.4 is 14.8 Å². The molecule has 5 nitrogen and oxygen atoms in total. The molecule has 1 aliphatic rings. The van der Waals surface area contributed by atoms with E-state index < -0.39 is 0 Å². The van der Waals surface area contributed by atoms with Gasteiger partial charge < -0.3 is 19.7 Å². The van der Waals surface area contributed by atoms with Gasteiger partial charge in [-0.25, -0.2) is 0 Å². The molecule has 0 saturated carbocycles. The van der Waals surface area contributed by atoms with Gasteiger partial charge in [-0.05, 0) is 30.2 Å². The molecule has 2 unspecified atom stereocenters. The van der Waals surface area contributed by atoms with Crippen LogP contribution >= 0.6 is 0 Å². The molecule has 5 heteroatoms. The quantitative estimate of drug-likeness (QED) is 0.894. The Kier molecular flexibility index (Phi) is 5.07. The summed E-state index contributed by atoms with van der Waals surface area (Å²) in [4.78, 5) is 14.3. The number of hydrogen-bond donors (Lipinski definition) is 1. The summed E-state index contributed by atoms with van der Waals surface area (Å²) in [5.41, 5.74) is 1.03. The largest absolute Gasteiger partial charge is 0.493 e. The number of hydrogen-bond acceptors (Lipinski definition) is 4. The Balaban J connectivity index is 2.05. The number of nitrogens with zero attached hydrogens (tertiary/aromatic N) is 1. The van der Waals surface area contributed by atoms with Crippen molar-refractivity contribution in [2.45, 2.75) is 13.5 Å². The summed E-state index contributed by atoms with van der Waals surface area (Å²) in [5.74, 6) is 2.05. The van der Waals surface area contributed by atoms with E-state index in [1.165, 1.54) is 0 Å². The zero-order chi connectivity index (χ0) is 15.4. The number of methoxy groups -OCH3 is 2. The first-order valence-corrected chi connectivity index (χ1v) is 7.23. The van der Waals surface area contributed by atoms with Gasteiger partial charge in [-0.1, -0.05) is 13.0 Å². The molecule has 0 aliphatic carbocycles. The van der Waals surface area contributed by atoms with Crippen molar-refractivity contribution in [3.8, 4) is 11.5 Å². The summed E-state index contributed by atoms with van der Waals surface area (Å²) in [6.07, 6.45) is 0. The molecule has 2 atom stereocenters. The fourth-order valence-corrected chi connectivity index (χ4v) is 2.75. The van der Waals surface area contributed by atoms with E-state index >= 15 is 0 Å². The Morgan fingerprint density at radius 3 is 2.57 bits per heavy atom. The third-order valence-electron chi connectivity index (χ3n) is 4.08. The maximum absolute atomic E-state index is 12.5. The Hall–Kier alpha value is -1.75. The zero-order valence-electron chi connectivity index (χ0n) is 13.2. The molecule has 1 aliphatic heterocycles. The van der Waals surface area contributed by atoms with Crippen molar-refractivity contribution in [3.63, 3.8) is 0 Å². The minimum absolute atomic E-state index is 0.0788. The van der Waals surface area contributed by atoms with Crippen LogP contribution in [-0.2, 0) is 11.3 Å². The number of rotatable bonds is 5. The minimum atomic E-state index is 0.0788. The van der Waals surface area contributed by atoms with E-state index in [1.54, 1.807) is 19.1 Å². The number of nitrogens with one attached hydrogen (secondary N) is 1. The van der Waals surface area contributed by atoms with E-state index in [2.05, 4.69) is 12.2 Å². The number of carbonyl (C=O) groups excluding carboxylic acids is 1. The van der Waals surface area contributed by atoms with Gasteiger partial charge in [0, 0.05) is 20.1 Å². The third kappa shape index (κ3) is 3.47. The summed E-state index contributed by atoms with van der Waals surface area (Å²) in [7, 11) is 5.08. The molecule has 0 aromatic heterocycles. The first kappa shape index (κ1) is 15.6. The fourth-order valence-electron chi connectivity index (χ4n) is 2.75. The van der Waals surface area contributed by atoms with Crippen molar-refractivity contribution in [2.75, 3.05) is 34.4 Å². The van der Waals surface area contributed by atoms with Gasteiger partial charge in [-0.2, -0.15) is 0 Å². The first-order valence-electron chi connectivity index (χ1n) is 7.23. The summed E-state index contributed by atoms with van der Waals surface area (Å²) >= 11 is 0. The SMILES string of the molecule is COc1ccc(CN(C)C(=O)C2CNCC2C)cc1OC. The molecule has 1 N–H and O–H groups in total. The average molecular weight is 292 g/mol. The molecule has 1 amide bonds. The van der Waals surface area contributed by atoms with E-state index in [-0.39, 0.29) is 11.8 Å². The van der Waals surface area contributed by atoms with Gasteiger partial charge in [0.25, 0.3) is 0 Å². The summed E-state index contributed by atoms with van der Waals surface area (Å²) < 4.78 is 10.5. The number of ether oxygens (including phenoxy) is 2. The van der Waals surface area contributed by atoms with Gasteiger partial charge in [0.1, 0.15) is 0 Å². The maximum Gasteiger partial charge on any atom is 0.227 e. The van der Waals surface area contributed by atoms with Gasteiger partial charge in [-0.15, -0.1) is 0 Å². The Bertz CT molecular complexity index is 504. The second-order valence-electron chi connectivity index (χ2n) is 5.63. The standard InChI is InChI=1S/C16H24N2O3/c1-11-8-17-9-13(11)16(19)18(2)10-12-5-6-14(20-3)15(7-12)21-4/h5-7,11,13,17H,8-10H2,1-4H3. The van der Waals surface area contributed by atoms with E-state index in [0.29, 0.717) is 24.0 Å². The molecule has 0 spiro atoms. The molecule has 1 fully saturated rings. The number of carbonyl (C=O) groups is 1. The predicted octanol–water partition coefficient (Wildman–Crippen LogP) is 1.52. The molecule has 1 aromatic rings. The highest BCUT2D eigenvalue weighted by atomic mass is 16.5. The van der Waals surface area contributed by atoms with Crippen LogP contribution in [0.5, 0.6) is 11.5 Å². The van der Waals surface area contributed by atoms with Crippen molar-refractivity contribution < 1.29 is 14.3 Å². The Morgan fingerprint density at radius 2 is 2.00 bits per heavy atom. The highest BCUT2D eigenvalue weighted by Crippen LogP contribution is 2.28. The highest BCUT2D eigenvalue weighted by Gasteiger charge is 2.31. The molecule has 116 valence electrons. The minimum Gasteiger partial charge on any atom is -0.493 e. The van der Waals surface area contributed by atoms with E-state index in [9.17, 15) is 4.79 Å². The van der Waals surface area contributed by atoms with Crippen LogP contribution in [0.1, 0.15) is 12.5 Å². The molecular formula is C16H24N2O3. The van der Waals surface area contributed by atoms with Gasteiger partial charge in [0.05, 0.1) is 20.1 Å². The second kappa shape index (κ2) is 6.80.